The zero-order valence-electron chi connectivity index (χ0n) is 24.3. The van der Waals surface area contributed by atoms with Crippen molar-refractivity contribution in [2.75, 3.05) is 10.6 Å². The Morgan fingerprint density at radius 2 is 1.91 bits per heavy atom. The molecule has 0 fully saturated rings. The first-order chi connectivity index (χ1) is 21.3. The second kappa shape index (κ2) is 12.0. The Morgan fingerprint density at radius 1 is 1.07 bits per heavy atom. The lowest BCUT2D eigenvalue weighted by molar-refractivity contribution is -0.119. The van der Waals surface area contributed by atoms with Crippen LogP contribution >= 0.6 is 0 Å². The molecule has 2 bridgehead atoms. The molecule has 6 rings (SSSR count). The van der Waals surface area contributed by atoms with Gasteiger partial charge in [-0.05, 0) is 61.7 Å². The number of aryl methyl sites for hydroxylation is 1. The van der Waals surface area contributed by atoms with Crippen molar-refractivity contribution < 1.29 is 18.4 Å². The molecule has 0 saturated heterocycles. The monoisotopic (exact) mass is 595 g/mol. The van der Waals surface area contributed by atoms with Crippen molar-refractivity contribution in [1.29, 1.82) is 0 Å². The number of hydrogen-bond donors (Lipinski definition) is 3. The number of fused-ring (bicyclic) bond motifs is 4. The van der Waals surface area contributed by atoms with E-state index >= 15 is 0 Å². The molecule has 12 nitrogen and oxygen atoms in total. The van der Waals surface area contributed by atoms with E-state index in [2.05, 4.69) is 41.4 Å². The van der Waals surface area contributed by atoms with Gasteiger partial charge in [-0.15, -0.1) is 10.2 Å². The summed E-state index contributed by atoms with van der Waals surface area (Å²) in [7, 11) is 0. The van der Waals surface area contributed by atoms with E-state index in [9.17, 15) is 14.0 Å². The number of nitrogens with one attached hydrogen (secondary N) is 3. The van der Waals surface area contributed by atoms with Gasteiger partial charge in [0.2, 0.25) is 11.8 Å². The maximum Gasteiger partial charge on any atom is 0.320 e. The molecule has 4 heterocycles. The minimum atomic E-state index is -0.473. The van der Waals surface area contributed by atoms with E-state index in [1.54, 1.807) is 38.2 Å². The maximum atomic E-state index is 14.4. The summed E-state index contributed by atoms with van der Waals surface area (Å²) in [5, 5.41) is 25.1. The van der Waals surface area contributed by atoms with Crippen molar-refractivity contribution in [2.45, 2.75) is 46.1 Å². The van der Waals surface area contributed by atoms with Crippen LogP contribution in [0, 0.1) is 25.6 Å². The van der Waals surface area contributed by atoms with Crippen LogP contribution in [-0.2, 0) is 4.79 Å². The van der Waals surface area contributed by atoms with Gasteiger partial charge >= 0.3 is 6.01 Å². The molecule has 0 radical (unpaired) electrons. The summed E-state index contributed by atoms with van der Waals surface area (Å²) in [5.41, 5.74) is 4.19. The van der Waals surface area contributed by atoms with Crippen molar-refractivity contribution in [3.63, 3.8) is 0 Å². The average Bonchev–Trinajstić information content (AvgIpc) is 3.60. The number of rotatable bonds is 5. The van der Waals surface area contributed by atoms with Gasteiger partial charge in [0.25, 0.3) is 5.91 Å². The number of halogens is 1. The summed E-state index contributed by atoms with van der Waals surface area (Å²) >= 11 is 0. The molecule has 2 amide bonds. The number of nitrogens with zero attached hydrogens (tertiary/aromatic N) is 6. The Morgan fingerprint density at radius 3 is 2.70 bits per heavy atom. The number of aromatic nitrogens is 6. The zero-order chi connectivity index (χ0) is 30.8. The molecule has 1 aliphatic heterocycles. The average molecular weight is 596 g/mol. The van der Waals surface area contributed by atoms with Crippen LogP contribution in [0.2, 0.25) is 0 Å². The number of hydrogen-bond acceptors (Lipinski definition) is 9. The van der Waals surface area contributed by atoms with Crippen LogP contribution in [0.25, 0.3) is 16.8 Å². The van der Waals surface area contributed by atoms with E-state index in [0.717, 1.165) is 11.1 Å². The summed E-state index contributed by atoms with van der Waals surface area (Å²) < 4.78 is 21.2. The van der Waals surface area contributed by atoms with Gasteiger partial charge in [-0.3, -0.25) is 14.6 Å². The van der Waals surface area contributed by atoms with Gasteiger partial charge in [-0.2, -0.15) is 0 Å². The predicted octanol–water partition coefficient (Wildman–Crippen LogP) is 5.44. The summed E-state index contributed by atoms with van der Waals surface area (Å²) in [6, 6.07) is 15.2. The largest absolute Gasteiger partial charge is 0.408 e. The Hall–Kier alpha value is -5.46. The van der Waals surface area contributed by atoms with Crippen LogP contribution in [0.15, 0.2) is 65.2 Å². The molecule has 0 saturated carbocycles. The highest BCUT2D eigenvalue weighted by molar-refractivity contribution is 5.97. The van der Waals surface area contributed by atoms with E-state index in [4.69, 9.17) is 4.42 Å². The molecule has 13 heteroatoms. The minimum Gasteiger partial charge on any atom is -0.408 e. The first kappa shape index (κ1) is 28.6. The first-order valence-corrected chi connectivity index (χ1v) is 14.2. The van der Waals surface area contributed by atoms with Crippen molar-refractivity contribution in [2.24, 2.45) is 5.92 Å². The summed E-state index contributed by atoms with van der Waals surface area (Å²) in [4.78, 5) is 31.3. The third-order valence-electron chi connectivity index (χ3n) is 7.58. The van der Waals surface area contributed by atoms with E-state index in [0.29, 0.717) is 47.9 Å². The Kier molecular flexibility index (Phi) is 7.84. The molecule has 3 N–H and O–H groups in total. The van der Waals surface area contributed by atoms with Gasteiger partial charge in [0.1, 0.15) is 11.5 Å². The smallest absolute Gasteiger partial charge is 0.320 e. The molecule has 1 aliphatic rings. The van der Waals surface area contributed by atoms with E-state index in [1.165, 1.54) is 10.7 Å². The van der Waals surface area contributed by atoms with Crippen molar-refractivity contribution >= 4 is 29.2 Å². The Balaban J connectivity index is 1.32. The predicted molar refractivity (Wildman–Crippen MR) is 160 cm³/mol. The van der Waals surface area contributed by atoms with Crippen LogP contribution in [-0.4, -0.2) is 42.0 Å². The highest BCUT2D eigenvalue weighted by atomic mass is 19.1. The standard InChI is InChI=1S/C31H30FN9O3/c1-17-7-6-9-24(35-30(43)28-18(2)41(40-38-28)27-10-5-4-8-23(27)32)26-15-20(13-14-33-26)22-12-11-21(16-25(22)36-29(17)42)34-31-39-37-19(3)44-31/h4-5,8,10-17,24H,6-7,9H2,1-3H3,(H,34,39)(H,35,43)(H,36,42)/t17-,24-/m0/s1. The fourth-order valence-corrected chi connectivity index (χ4v) is 5.18. The Bertz CT molecular complexity index is 1850. The number of amides is 2. The normalized spacial score (nSPS) is 16.7. The summed E-state index contributed by atoms with van der Waals surface area (Å²) in [6.07, 6.45) is 3.46. The van der Waals surface area contributed by atoms with E-state index < -0.39 is 17.8 Å². The van der Waals surface area contributed by atoms with Crippen molar-refractivity contribution in [3.05, 3.63) is 89.6 Å². The molecule has 2 atom stereocenters. The van der Waals surface area contributed by atoms with Gasteiger partial charge in [-0.1, -0.05) is 41.9 Å². The minimum absolute atomic E-state index is 0.0880. The fraction of sp³-hybridized carbons (Fsp3) is 0.258. The fourth-order valence-electron chi connectivity index (χ4n) is 5.18. The highest BCUT2D eigenvalue weighted by Gasteiger charge is 2.25. The van der Waals surface area contributed by atoms with Crippen molar-refractivity contribution in [1.82, 2.24) is 35.5 Å². The topological polar surface area (TPSA) is 153 Å². The molecular weight excluding hydrogens is 565 g/mol. The second-order valence-electron chi connectivity index (χ2n) is 10.7. The lowest BCUT2D eigenvalue weighted by Crippen LogP contribution is -2.30. The van der Waals surface area contributed by atoms with Gasteiger partial charge in [0, 0.05) is 30.3 Å². The lowest BCUT2D eigenvalue weighted by atomic mass is 9.95. The van der Waals surface area contributed by atoms with Crippen LogP contribution < -0.4 is 16.0 Å². The SMILES string of the molecule is Cc1nnc(Nc2ccc3c(c2)NC(=O)[C@@H](C)CCC[C@H](NC(=O)c2nnn(-c4ccccc4F)c2C)c2cc-3ccn2)o1. The number of carbonyl (C=O) groups is 2. The molecule has 3 aromatic heterocycles. The maximum absolute atomic E-state index is 14.4. The third-order valence-corrected chi connectivity index (χ3v) is 7.58. The number of carbonyl (C=O) groups excluding carboxylic acids is 2. The van der Waals surface area contributed by atoms with Gasteiger partial charge in [0.05, 0.1) is 23.1 Å². The number of para-hydroxylation sites is 1. The molecule has 5 aromatic rings. The molecule has 2 aromatic carbocycles. The molecule has 0 spiro atoms. The number of pyridine rings is 1. The van der Waals surface area contributed by atoms with Crippen LogP contribution in [0.1, 0.15) is 60.0 Å². The molecule has 224 valence electrons. The van der Waals surface area contributed by atoms with E-state index in [-0.39, 0.29) is 29.2 Å². The molecular formula is C31H30FN9O3. The van der Waals surface area contributed by atoms with Crippen molar-refractivity contribution in [3.8, 4) is 16.8 Å². The van der Waals surface area contributed by atoms with Crippen LogP contribution in [0.5, 0.6) is 0 Å². The zero-order valence-corrected chi connectivity index (χ0v) is 24.3. The van der Waals surface area contributed by atoms with Crippen LogP contribution in [0.3, 0.4) is 0 Å². The van der Waals surface area contributed by atoms with Crippen LogP contribution in [0.4, 0.5) is 21.8 Å². The Labute approximate surface area is 252 Å². The second-order valence-corrected chi connectivity index (χ2v) is 10.7. The molecule has 0 aliphatic carbocycles. The van der Waals surface area contributed by atoms with E-state index in [1.807, 2.05) is 37.3 Å². The van der Waals surface area contributed by atoms with Gasteiger partial charge in [0.15, 0.2) is 5.69 Å². The summed E-state index contributed by atoms with van der Waals surface area (Å²) in [5.74, 6) is -0.904. The first-order valence-electron chi connectivity index (χ1n) is 14.2. The number of anilines is 3. The quantitative estimate of drug-likeness (QED) is 0.241. The molecule has 0 unspecified atom stereocenters. The highest BCUT2D eigenvalue weighted by Crippen LogP contribution is 2.34. The van der Waals surface area contributed by atoms with Gasteiger partial charge in [-0.25, -0.2) is 9.07 Å². The third kappa shape index (κ3) is 5.89. The van der Waals surface area contributed by atoms with Gasteiger partial charge < -0.3 is 20.4 Å². The number of benzene rings is 2. The summed E-state index contributed by atoms with van der Waals surface area (Å²) in [6.45, 7) is 5.24. The lowest BCUT2D eigenvalue weighted by Gasteiger charge is -2.22. The molecule has 44 heavy (non-hydrogen) atoms.